The molecule has 6 heteroatoms. The summed E-state index contributed by atoms with van der Waals surface area (Å²) in [4.78, 5) is 14.6. The van der Waals surface area contributed by atoms with Crippen molar-refractivity contribution in [2.75, 3.05) is 12.3 Å². The van der Waals surface area contributed by atoms with Crippen LogP contribution < -0.4 is 0 Å². The first-order valence-electron chi connectivity index (χ1n) is 6.70. The zero-order valence-corrected chi connectivity index (χ0v) is 14.5. The molecule has 3 rings (SSSR count). The van der Waals surface area contributed by atoms with E-state index in [1.807, 2.05) is 18.2 Å². The number of carbonyl (C=O) groups is 1. The Morgan fingerprint density at radius 1 is 1.09 bits per heavy atom. The molecule has 1 fully saturated rings. The zero-order chi connectivity index (χ0) is 15.7. The first kappa shape index (κ1) is 16.0. The van der Waals surface area contributed by atoms with Crippen LogP contribution >= 0.6 is 46.6 Å². The van der Waals surface area contributed by atoms with Gasteiger partial charge in [0.15, 0.2) is 0 Å². The lowest BCUT2D eigenvalue weighted by Crippen LogP contribution is -2.30. The molecule has 0 bridgehead atoms. The molecule has 2 aromatic rings. The summed E-state index contributed by atoms with van der Waals surface area (Å²) in [5, 5.41) is 1.50. The molecule has 1 saturated heterocycles. The fourth-order valence-corrected chi connectivity index (χ4v) is 4.51. The van der Waals surface area contributed by atoms with Crippen LogP contribution in [0.4, 0.5) is 0 Å². The lowest BCUT2D eigenvalue weighted by atomic mass is 10.1. The van der Waals surface area contributed by atoms with E-state index in [9.17, 15) is 4.79 Å². The van der Waals surface area contributed by atoms with Gasteiger partial charge in [-0.25, -0.2) is 0 Å². The molecule has 0 N–H and O–H groups in total. The minimum absolute atomic E-state index is 0.0772. The van der Waals surface area contributed by atoms with Crippen molar-refractivity contribution in [2.24, 2.45) is 0 Å². The maximum atomic E-state index is 12.8. The maximum Gasteiger partial charge on any atom is 0.256 e. The van der Waals surface area contributed by atoms with E-state index in [2.05, 4.69) is 0 Å². The molecule has 1 atom stereocenters. The predicted molar refractivity (Wildman–Crippen MR) is 94.1 cm³/mol. The van der Waals surface area contributed by atoms with Crippen LogP contribution in [0.25, 0.3) is 0 Å². The molecule has 1 heterocycles. The second-order valence-electron chi connectivity index (χ2n) is 4.87. The highest BCUT2D eigenvalue weighted by Gasteiger charge is 2.33. The minimum Gasteiger partial charge on any atom is -0.322 e. The van der Waals surface area contributed by atoms with Crippen molar-refractivity contribution in [3.05, 3.63) is 68.7 Å². The normalized spacial score (nSPS) is 17.8. The van der Waals surface area contributed by atoms with Crippen LogP contribution in [0.3, 0.4) is 0 Å². The summed E-state index contributed by atoms with van der Waals surface area (Å²) in [5.41, 5.74) is 1.41. The van der Waals surface area contributed by atoms with Gasteiger partial charge in [0.2, 0.25) is 0 Å². The fourth-order valence-electron chi connectivity index (χ4n) is 2.43. The van der Waals surface area contributed by atoms with Gasteiger partial charge < -0.3 is 4.90 Å². The van der Waals surface area contributed by atoms with Gasteiger partial charge in [-0.05, 0) is 24.3 Å². The van der Waals surface area contributed by atoms with Crippen molar-refractivity contribution >= 4 is 52.5 Å². The minimum atomic E-state index is -0.117. The molecular formula is C16H12Cl3NOS. The predicted octanol–water partition coefficient (Wildman–Crippen LogP) is 5.53. The molecule has 0 aliphatic carbocycles. The average Bonchev–Trinajstić information content (AvgIpc) is 2.96. The van der Waals surface area contributed by atoms with Crippen LogP contribution in [-0.4, -0.2) is 23.1 Å². The Kier molecular flexibility index (Phi) is 4.88. The van der Waals surface area contributed by atoms with E-state index in [1.54, 1.807) is 40.9 Å². The van der Waals surface area contributed by atoms with Gasteiger partial charge in [0, 0.05) is 27.9 Å². The summed E-state index contributed by atoms with van der Waals surface area (Å²) in [5.74, 6) is 0.784. The van der Waals surface area contributed by atoms with E-state index in [4.69, 9.17) is 34.8 Å². The topological polar surface area (TPSA) is 20.3 Å². The Morgan fingerprint density at radius 2 is 1.86 bits per heavy atom. The molecule has 0 aromatic heterocycles. The molecule has 114 valence electrons. The number of thioether (sulfide) groups is 1. The third kappa shape index (κ3) is 3.09. The number of benzene rings is 2. The van der Waals surface area contributed by atoms with Crippen molar-refractivity contribution in [3.8, 4) is 0 Å². The first-order valence-corrected chi connectivity index (χ1v) is 8.88. The van der Waals surface area contributed by atoms with Gasteiger partial charge in [-0.1, -0.05) is 53.0 Å². The van der Waals surface area contributed by atoms with E-state index >= 15 is 0 Å². The van der Waals surface area contributed by atoms with Gasteiger partial charge in [0.1, 0.15) is 5.37 Å². The zero-order valence-electron chi connectivity index (χ0n) is 11.4. The number of halogens is 3. The van der Waals surface area contributed by atoms with Gasteiger partial charge in [0.05, 0.1) is 10.6 Å². The standard InChI is InChI=1S/C16H12Cl3NOS/c17-10-5-6-12(14(19)9-10)16-20(7-8-22-16)15(21)11-3-1-2-4-13(11)18/h1-6,9,16H,7-8H2/t16-/m1/s1. The van der Waals surface area contributed by atoms with E-state index in [0.29, 0.717) is 27.2 Å². The van der Waals surface area contributed by atoms with Crippen LogP contribution in [-0.2, 0) is 0 Å². The molecule has 0 saturated carbocycles. The third-order valence-corrected chi connectivity index (χ3v) is 5.62. The second-order valence-corrected chi connectivity index (χ2v) is 7.31. The van der Waals surface area contributed by atoms with Crippen LogP contribution in [0.5, 0.6) is 0 Å². The van der Waals surface area contributed by atoms with Crippen molar-refractivity contribution in [3.63, 3.8) is 0 Å². The smallest absolute Gasteiger partial charge is 0.256 e. The average molecular weight is 373 g/mol. The molecule has 0 spiro atoms. The molecule has 1 amide bonds. The van der Waals surface area contributed by atoms with Crippen molar-refractivity contribution in [2.45, 2.75) is 5.37 Å². The highest BCUT2D eigenvalue weighted by molar-refractivity contribution is 7.99. The fraction of sp³-hybridized carbons (Fsp3) is 0.188. The Morgan fingerprint density at radius 3 is 2.59 bits per heavy atom. The van der Waals surface area contributed by atoms with Crippen molar-refractivity contribution in [1.82, 2.24) is 4.90 Å². The number of nitrogens with zero attached hydrogens (tertiary/aromatic N) is 1. The van der Waals surface area contributed by atoms with Gasteiger partial charge in [-0.3, -0.25) is 4.79 Å². The molecule has 1 aliphatic rings. The highest BCUT2D eigenvalue weighted by atomic mass is 35.5. The van der Waals surface area contributed by atoms with E-state index in [0.717, 1.165) is 11.3 Å². The molecule has 2 nitrogen and oxygen atoms in total. The molecule has 1 aliphatic heterocycles. The van der Waals surface area contributed by atoms with Crippen LogP contribution in [0, 0.1) is 0 Å². The van der Waals surface area contributed by atoms with E-state index < -0.39 is 0 Å². The summed E-state index contributed by atoms with van der Waals surface area (Å²) in [6.45, 7) is 0.665. The van der Waals surface area contributed by atoms with Crippen molar-refractivity contribution in [1.29, 1.82) is 0 Å². The quantitative estimate of drug-likeness (QED) is 0.690. The van der Waals surface area contributed by atoms with Crippen LogP contribution in [0.2, 0.25) is 15.1 Å². The van der Waals surface area contributed by atoms with Gasteiger partial charge >= 0.3 is 0 Å². The summed E-state index contributed by atoms with van der Waals surface area (Å²) >= 11 is 20.1. The van der Waals surface area contributed by atoms with Gasteiger partial charge in [-0.15, -0.1) is 11.8 Å². The number of amides is 1. The Hall–Kier alpha value is -0.870. The molecule has 0 radical (unpaired) electrons. The number of hydrogen-bond donors (Lipinski definition) is 0. The summed E-state index contributed by atoms with van der Waals surface area (Å²) in [6.07, 6.45) is 0. The SMILES string of the molecule is O=C(c1ccccc1Cl)N1CCS[C@@H]1c1ccc(Cl)cc1Cl. The van der Waals surface area contributed by atoms with E-state index in [-0.39, 0.29) is 11.3 Å². The first-order chi connectivity index (χ1) is 10.6. The lowest BCUT2D eigenvalue weighted by Gasteiger charge is -2.25. The second kappa shape index (κ2) is 6.71. The number of carbonyl (C=O) groups excluding carboxylic acids is 1. The Labute approximate surface area is 148 Å². The largest absolute Gasteiger partial charge is 0.322 e. The highest BCUT2D eigenvalue weighted by Crippen LogP contribution is 2.42. The van der Waals surface area contributed by atoms with Crippen molar-refractivity contribution < 1.29 is 4.79 Å². The van der Waals surface area contributed by atoms with Crippen LogP contribution in [0.15, 0.2) is 42.5 Å². The maximum absolute atomic E-state index is 12.8. The monoisotopic (exact) mass is 371 g/mol. The molecule has 22 heavy (non-hydrogen) atoms. The van der Waals surface area contributed by atoms with E-state index in [1.165, 1.54) is 0 Å². The Bertz CT molecular complexity index is 722. The summed E-state index contributed by atoms with van der Waals surface area (Å²) < 4.78 is 0. The molecule has 0 unspecified atom stereocenters. The number of hydrogen-bond acceptors (Lipinski definition) is 2. The molecule has 2 aromatic carbocycles. The van der Waals surface area contributed by atoms with Gasteiger partial charge in [0.25, 0.3) is 5.91 Å². The van der Waals surface area contributed by atoms with Crippen LogP contribution in [0.1, 0.15) is 21.3 Å². The lowest BCUT2D eigenvalue weighted by molar-refractivity contribution is 0.0760. The summed E-state index contributed by atoms with van der Waals surface area (Å²) in [7, 11) is 0. The molecular weight excluding hydrogens is 361 g/mol. The third-order valence-electron chi connectivity index (χ3n) is 3.48. The van der Waals surface area contributed by atoms with Gasteiger partial charge in [-0.2, -0.15) is 0 Å². The number of rotatable bonds is 2. The summed E-state index contributed by atoms with van der Waals surface area (Å²) in [6, 6.07) is 12.5. The Balaban J connectivity index is 1.93.